The van der Waals surface area contributed by atoms with Crippen molar-refractivity contribution in [1.82, 2.24) is 9.97 Å². The molecule has 3 heterocycles. The van der Waals surface area contributed by atoms with E-state index in [-0.39, 0.29) is 0 Å². The molecule has 0 bridgehead atoms. The third kappa shape index (κ3) is 2.34. The predicted octanol–water partition coefficient (Wildman–Crippen LogP) is 0.469. The Kier molecular flexibility index (Phi) is 2.64. The summed E-state index contributed by atoms with van der Waals surface area (Å²) in [4.78, 5) is 24.1. The van der Waals surface area contributed by atoms with E-state index in [9.17, 15) is 4.79 Å². The van der Waals surface area contributed by atoms with E-state index in [0.29, 0.717) is 10.8 Å². The Morgan fingerprint density at radius 2 is 1.87 bits per heavy atom. The average molecular weight is 200 g/mol. The van der Waals surface area contributed by atoms with Crippen LogP contribution in [-0.2, 0) is 0 Å². The van der Waals surface area contributed by atoms with Crippen LogP contribution in [-0.4, -0.2) is 16.0 Å². The van der Waals surface area contributed by atoms with Gasteiger partial charge in [-0.25, -0.2) is 4.79 Å². The molecular weight excluding hydrogens is 192 g/mol. The Hall–Kier alpha value is -2.30. The zero-order valence-electron chi connectivity index (χ0n) is 7.79. The van der Waals surface area contributed by atoms with Gasteiger partial charge in [-0.15, -0.1) is 0 Å². The van der Waals surface area contributed by atoms with Crippen LogP contribution in [0.3, 0.4) is 0 Å². The summed E-state index contributed by atoms with van der Waals surface area (Å²) in [6, 6.07) is 7.01. The fourth-order valence-electron chi connectivity index (χ4n) is 1.07. The van der Waals surface area contributed by atoms with Crippen molar-refractivity contribution in [2.24, 2.45) is 9.98 Å². The normalized spacial score (nSPS) is 11.9. The topological polar surface area (TPSA) is 70.5 Å². The zero-order valence-corrected chi connectivity index (χ0v) is 7.79. The van der Waals surface area contributed by atoms with Gasteiger partial charge >= 0.3 is 6.03 Å². The quantitative estimate of drug-likeness (QED) is 0.671. The third-order valence-electron chi connectivity index (χ3n) is 1.69. The van der Waals surface area contributed by atoms with Gasteiger partial charge in [-0.2, -0.15) is 9.98 Å². The summed E-state index contributed by atoms with van der Waals surface area (Å²) in [7, 11) is 0. The summed E-state index contributed by atoms with van der Waals surface area (Å²) in [5.74, 6) is 0. The second kappa shape index (κ2) is 4.28. The maximum Gasteiger partial charge on any atom is 0.369 e. The lowest BCUT2D eigenvalue weighted by molar-refractivity contribution is 0.256. The molecule has 0 aromatic carbocycles. The van der Waals surface area contributed by atoms with Gasteiger partial charge in [-0.3, -0.25) is 4.98 Å². The smallest absolute Gasteiger partial charge is 0.345 e. The highest BCUT2D eigenvalue weighted by Gasteiger charge is 2.02. The molecular formula is C10H8N4O. The number of pyridine rings is 1. The summed E-state index contributed by atoms with van der Waals surface area (Å²) in [6.07, 6.45) is 5.20. The van der Waals surface area contributed by atoms with Crippen LogP contribution < -0.4 is 10.8 Å². The van der Waals surface area contributed by atoms with Crippen molar-refractivity contribution in [3.63, 3.8) is 0 Å². The Balaban J connectivity index is 0.000000124. The number of carbonyl (C=O) groups excluding carboxylic acids is 1. The van der Waals surface area contributed by atoms with Crippen molar-refractivity contribution in [2.75, 3.05) is 0 Å². The predicted molar refractivity (Wildman–Crippen MR) is 52.7 cm³/mol. The van der Waals surface area contributed by atoms with Crippen LogP contribution in [0.4, 0.5) is 4.79 Å². The molecule has 2 aromatic heterocycles. The summed E-state index contributed by atoms with van der Waals surface area (Å²) in [5.41, 5.74) is 0.569. The van der Waals surface area contributed by atoms with Crippen LogP contribution in [0.5, 0.6) is 0 Å². The summed E-state index contributed by atoms with van der Waals surface area (Å²) in [6.45, 7) is 0. The van der Waals surface area contributed by atoms with Crippen molar-refractivity contribution < 1.29 is 4.79 Å². The number of urea groups is 1. The molecule has 0 unspecified atom stereocenters. The van der Waals surface area contributed by atoms with Crippen molar-refractivity contribution in [1.29, 1.82) is 0 Å². The standard InChI is InChI=1S/C5H3N3O.C5H5N/c9-5-7-3-1-2-6-4(3)8-5;1-2-4-6-5-3-1/h1-2H,(H,6,7,8,9);1-5H. The highest BCUT2D eigenvalue weighted by molar-refractivity contribution is 5.77. The van der Waals surface area contributed by atoms with Crippen molar-refractivity contribution >= 4 is 6.03 Å². The number of nitrogens with zero attached hydrogens (tertiary/aromatic N) is 3. The second-order valence-electron chi connectivity index (χ2n) is 2.74. The minimum Gasteiger partial charge on any atom is -0.345 e. The first-order valence-electron chi connectivity index (χ1n) is 4.36. The minimum absolute atomic E-state index is 0.420. The number of amides is 2. The number of aromatic nitrogens is 2. The van der Waals surface area contributed by atoms with Crippen molar-refractivity contribution in [3.8, 4) is 0 Å². The van der Waals surface area contributed by atoms with E-state index in [0.717, 1.165) is 0 Å². The van der Waals surface area contributed by atoms with Crippen LogP contribution in [0, 0.1) is 0 Å². The summed E-state index contributed by atoms with van der Waals surface area (Å²) < 4.78 is 0. The van der Waals surface area contributed by atoms with Crippen LogP contribution >= 0.6 is 0 Å². The zero-order chi connectivity index (χ0) is 10.5. The first-order valence-corrected chi connectivity index (χ1v) is 4.36. The number of fused-ring (bicyclic) bond motifs is 1. The molecule has 0 saturated heterocycles. The molecule has 3 rings (SSSR count). The van der Waals surface area contributed by atoms with Crippen LogP contribution in [0.2, 0.25) is 0 Å². The number of rotatable bonds is 0. The highest BCUT2D eigenvalue weighted by atomic mass is 16.2. The lowest BCUT2D eigenvalue weighted by atomic mass is 10.5. The number of nitrogens with one attached hydrogen (secondary N) is 1. The molecule has 0 atom stereocenters. The first-order chi connectivity index (χ1) is 7.36. The lowest BCUT2D eigenvalue weighted by Crippen LogP contribution is -2.17. The van der Waals surface area contributed by atoms with Gasteiger partial charge in [0, 0.05) is 18.6 Å². The molecule has 1 aliphatic rings. The summed E-state index contributed by atoms with van der Waals surface area (Å²) in [5, 5.41) is 0.639. The molecule has 2 aromatic rings. The maximum atomic E-state index is 10.4. The molecule has 1 aliphatic heterocycles. The van der Waals surface area contributed by atoms with Gasteiger partial charge in [-0.05, 0) is 18.2 Å². The van der Waals surface area contributed by atoms with Crippen LogP contribution in [0.1, 0.15) is 0 Å². The van der Waals surface area contributed by atoms with Crippen molar-refractivity contribution in [2.45, 2.75) is 0 Å². The fraction of sp³-hybridized carbons (Fsp3) is 0. The van der Waals surface area contributed by atoms with Gasteiger partial charge < -0.3 is 4.98 Å². The molecule has 74 valence electrons. The van der Waals surface area contributed by atoms with E-state index in [2.05, 4.69) is 20.0 Å². The number of hydrogen-bond donors (Lipinski definition) is 1. The maximum absolute atomic E-state index is 10.4. The Morgan fingerprint density at radius 3 is 2.40 bits per heavy atom. The van der Waals surface area contributed by atoms with Gasteiger partial charge in [0.05, 0.1) is 0 Å². The van der Waals surface area contributed by atoms with E-state index in [1.165, 1.54) is 0 Å². The first kappa shape index (κ1) is 9.26. The monoisotopic (exact) mass is 200 g/mol. The fourth-order valence-corrected chi connectivity index (χ4v) is 1.07. The number of hydrogen-bond acceptors (Lipinski definition) is 2. The van der Waals surface area contributed by atoms with E-state index in [1.807, 2.05) is 18.2 Å². The Bertz CT molecular complexity index is 499. The largest absolute Gasteiger partial charge is 0.369 e. The van der Waals surface area contributed by atoms with Gasteiger partial charge in [0.2, 0.25) is 0 Å². The molecule has 0 saturated carbocycles. The van der Waals surface area contributed by atoms with E-state index >= 15 is 0 Å². The number of carbonyl (C=O) groups is 1. The SMILES string of the molecule is O=C1N=c2cc[nH]c2=N1.c1ccncc1. The van der Waals surface area contributed by atoms with E-state index in [1.54, 1.807) is 24.7 Å². The average Bonchev–Trinajstić information content (AvgIpc) is 2.81. The Morgan fingerprint density at radius 1 is 1.07 bits per heavy atom. The molecule has 1 N–H and O–H groups in total. The molecule has 0 spiro atoms. The highest BCUT2D eigenvalue weighted by Crippen LogP contribution is 1.80. The van der Waals surface area contributed by atoms with Crippen LogP contribution in [0.15, 0.2) is 52.8 Å². The molecule has 15 heavy (non-hydrogen) atoms. The van der Waals surface area contributed by atoms with Gasteiger partial charge in [0.1, 0.15) is 5.36 Å². The number of H-pyrrole nitrogens is 1. The molecule has 0 radical (unpaired) electrons. The summed E-state index contributed by atoms with van der Waals surface area (Å²) >= 11 is 0. The van der Waals surface area contributed by atoms with E-state index < -0.39 is 6.03 Å². The molecule has 0 fully saturated rings. The van der Waals surface area contributed by atoms with Gasteiger partial charge in [0.15, 0.2) is 5.49 Å². The third-order valence-corrected chi connectivity index (χ3v) is 1.69. The lowest BCUT2D eigenvalue weighted by Gasteiger charge is -1.70. The Labute approximate surface area is 85.2 Å². The minimum atomic E-state index is -0.420. The van der Waals surface area contributed by atoms with Gasteiger partial charge in [-0.1, -0.05) is 6.07 Å². The molecule has 2 amide bonds. The molecule has 0 aliphatic carbocycles. The van der Waals surface area contributed by atoms with Crippen molar-refractivity contribution in [3.05, 3.63) is 53.7 Å². The second-order valence-corrected chi connectivity index (χ2v) is 2.74. The van der Waals surface area contributed by atoms with Crippen LogP contribution in [0.25, 0.3) is 0 Å². The molecule has 5 nitrogen and oxygen atoms in total. The molecule has 5 heteroatoms. The van der Waals surface area contributed by atoms with E-state index in [4.69, 9.17) is 0 Å². The van der Waals surface area contributed by atoms with Gasteiger partial charge in [0.25, 0.3) is 0 Å². The number of aromatic amines is 1.